The molecule has 0 aliphatic rings. The van der Waals surface area contributed by atoms with Gasteiger partial charge in [0.15, 0.2) is 0 Å². The van der Waals surface area contributed by atoms with Crippen LogP contribution in [0.5, 0.6) is 0 Å². The van der Waals surface area contributed by atoms with Crippen LogP contribution in [0.1, 0.15) is 22.4 Å². The Balaban J connectivity index is 2.18. The number of nitriles is 1. The van der Waals surface area contributed by atoms with Crippen LogP contribution in [-0.2, 0) is 6.42 Å². The molecular formula is C14H12N2. The van der Waals surface area contributed by atoms with Crippen molar-refractivity contribution in [1.82, 2.24) is 4.98 Å². The van der Waals surface area contributed by atoms with Crippen molar-refractivity contribution in [2.24, 2.45) is 0 Å². The summed E-state index contributed by atoms with van der Waals surface area (Å²) in [6.07, 6.45) is 2.71. The zero-order valence-corrected chi connectivity index (χ0v) is 9.14. The molecule has 0 aliphatic heterocycles. The number of hydrogen-bond acceptors (Lipinski definition) is 2. The average molecular weight is 208 g/mol. The van der Waals surface area contributed by atoms with Gasteiger partial charge in [0.05, 0.1) is 11.6 Å². The lowest BCUT2D eigenvalue weighted by Gasteiger charge is -2.02. The largest absolute Gasteiger partial charge is 0.262 e. The van der Waals surface area contributed by atoms with Crippen molar-refractivity contribution >= 4 is 0 Å². The van der Waals surface area contributed by atoms with E-state index in [4.69, 9.17) is 5.26 Å². The van der Waals surface area contributed by atoms with Crippen molar-refractivity contribution in [3.63, 3.8) is 0 Å². The zero-order chi connectivity index (χ0) is 11.4. The Bertz CT molecular complexity index is 521. The Hall–Kier alpha value is -2.14. The molecule has 0 saturated carbocycles. The van der Waals surface area contributed by atoms with Gasteiger partial charge in [-0.25, -0.2) is 0 Å². The third kappa shape index (κ3) is 2.46. The first-order chi connectivity index (χ1) is 7.78. The van der Waals surface area contributed by atoms with Crippen LogP contribution in [0.4, 0.5) is 0 Å². The topological polar surface area (TPSA) is 36.7 Å². The summed E-state index contributed by atoms with van der Waals surface area (Å²) in [5.41, 5.74) is 4.20. The van der Waals surface area contributed by atoms with Gasteiger partial charge in [-0.1, -0.05) is 12.1 Å². The Labute approximate surface area is 95.2 Å². The van der Waals surface area contributed by atoms with E-state index in [0.29, 0.717) is 5.56 Å². The normalized spacial score (nSPS) is 9.75. The second-order valence-electron chi connectivity index (χ2n) is 3.79. The molecule has 0 N–H and O–H groups in total. The minimum absolute atomic E-state index is 0.703. The Morgan fingerprint density at radius 3 is 2.50 bits per heavy atom. The first-order valence-corrected chi connectivity index (χ1v) is 5.18. The molecule has 0 saturated heterocycles. The highest BCUT2D eigenvalue weighted by Gasteiger charge is 1.97. The maximum atomic E-state index is 8.70. The lowest BCUT2D eigenvalue weighted by Crippen LogP contribution is -1.90. The molecule has 0 bridgehead atoms. The minimum Gasteiger partial charge on any atom is -0.262 e. The standard InChI is InChI=1S/C14H12N2/c1-11-8-14(6-7-16-11)9-12-2-4-13(10-15)5-3-12/h2-8H,9H2,1H3. The molecule has 0 unspecified atom stereocenters. The molecule has 0 aliphatic carbocycles. The highest BCUT2D eigenvalue weighted by molar-refractivity contribution is 5.34. The fraction of sp³-hybridized carbons (Fsp3) is 0.143. The molecular weight excluding hydrogens is 196 g/mol. The van der Waals surface area contributed by atoms with Crippen molar-refractivity contribution in [2.75, 3.05) is 0 Å². The maximum Gasteiger partial charge on any atom is 0.0991 e. The van der Waals surface area contributed by atoms with Crippen LogP contribution in [0.15, 0.2) is 42.6 Å². The second-order valence-corrected chi connectivity index (χ2v) is 3.79. The highest BCUT2D eigenvalue weighted by Crippen LogP contribution is 2.10. The van der Waals surface area contributed by atoms with Crippen LogP contribution in [0.25, 0.3) is 0 Å². The average Bonchev–Trinajstić information content (AvgIpc) is 2.30. The Morgan fingerprint density at radius 1 is 1.12 bits per heavy atom. The molecule has 16 heavy (non-hydrogen) atoms. The smallest absolute Gasteiger partial charge is 0.0991 e. The molecule has 0 radical (unpaired) electrons. The van der Waals surface area contributed by atoms with Crippen molar-refractivity contribution in [1.29, 1.82) is 5.26 Å². The summed E-state index contributed by atoms with van der Waals surface area (Å²) < 4.78 is 0. The molecule has 0 amide bonds. The lowest BCUT2D eigenvalue weighted by atomic mass is 10.0. The summed E-state index contributed by atoms with van der Waals surface area (Å²) >= 11 is 0. The van der Waals surface area contributed by atoms with Crippen molar-refractivity contribution in [2.45, 2.75) is 13.3 Å². The van der Waals surface area contributed by atoms with Gasteiger partial charge in [-0.05, 0) is 48.7 Å². The van der Waals surface area contributed by atoms with Crippen LogP contribution in [0.3, 0.4) is 0 Å². The molecule has 0 fully saturated rings. The maximum absolute atomic E-state index is 8.70. The Morgan fingerprint density at radius 2 is 1.88 bits per heavy atom. The van der Waals surface area contributed by atoms with E-state index in [9.17, 15) is 0 Å². The van der Waals surface area contributed by atoms with Crippen LogP contribution < -0.4 is 0 Å². The predicted octanol–water partition coefficient (Wildman–Crippen LogP) is 2.85. The molecule has 1 heterocycles. The highest BCUT2D eigenvalue weighted by atomic mass is 14.6. The van der Waals surface area contributed by atoms with Crippen LogP contribution in [0.2, 0.25) is 0 Å². The Kier molecular flexibility index (Phi) is 2.98. The van der Waals surface area contributed by atoms with Gasteiger partial charge in [0, 0.05) is 11.9 Å². The van der Waals surface area contributed by atoms with Crippen molar-refractivity contribution in [3.8, 4) is 6.07 Å². The van der Waals surface area contributed by atoms with Crippen LogP contribution in [0, 0.1) is 18.3 Å². The quantitative estimate of drug-likeness (QED) is 0.760. The minimum atomic E-state index is 0.703. The first-order valence-electron chi connectivity index (χ1n) is 5.18. The molecule has 2 heteroatoms. The number of aromatic nitrogens is 1. The third-order valence-corrected chi connectivity index (χ3v) is 2.45. The van der Waals surface area contributed by atoms with Gasteiger partial charge in [0.25, 0.3) is 0 Å². The third-order valence-electron chi connectivity index (χ3n) is 2.45. The molecule has 78 valence electrons. The number of hydrogen-bond donors (Lipinski definition) is 0. The van der Waals surface area contributed by atoms with Gasteiger partial charge < -0.3 is 0 Å². The summed E-state index contributed by atoms with van der Waals surface area (Å²) in [5, 5.41) is 8.70. The van der Waals surface area contributed by atoms with Crippen LogP contribution >= 0.6 is 0 Å². The summed E-state index contributed by atoms with van der Waals surface area (Å²) in [4.78, 5) is 4.17. The monoisotopic (exact) mass is 208 g/mol. The van der Waals surface area contributed by atoms with Gasteiger partial charge >= 0.3 is 0 Å². The molecule has 0 spiro atoms. The molecule has 1 aromatic carbocycles. The van der Waals surface area contributed by atoms with Gasteiger partial charge in [-0.15, -0.1) is 0 Å². The van der Waals surface area contributed by atoms with Gasteiger partial charge in [-0.3, -0.25) is 4.98 Å². The van der Waals surface area contributed by atoms with Gasteiger partial charge in [-0.2, -0.15) is 5.26 Å². The summed E-state index contributed by atoms with van der Waals surface area (Å²) in [5.74, 6) is 0. The SMILES string of the molecule is Cc1cc(Cc2ccc(C#N)cc2)ccn1. The molecule has 0 atom stereocenters. The van der Waals surface area contributed by atoms with E-state index in [1.165, 1.54) is 11.1 Å². The van der Waals surface area contributed by atoms with Crippen molar-refractivity contribution < 1.29 is 0 Å². The number of rotatable bonds is 2. The predicted molar refractivity (Wildman–Crippen MR) is 62.9 cm³/mol. The fourth-order valence-electron chi connectivity index (χ4n) is 1.65. The molecule has 2 nitrogen and oxygen atoms in total. The van der Waals surface area contributed by atoms with E-state index in [-0.39, 0.29) is 0 Å². The summed E-state index contributed by atoms with van der Waals surface area (Å²) in [6.45, 7) is 1.99. The van der Waals surface area contributed by atoms with Crippen LogP contribution in [-0.4, -0.2) is 4.98 Å². The summed E-state index contributed by atoms with van der Waals surface area (Å²) in [6, 6.07) is 13.9. The van der Waals surface area contributed by atoms with E-state index >= 15 is 0 Å². The first kappa shape index (κ1) is 10.4. The van der Waals surface area contributed by atoms with E-state index in [1.807, 2.05) is 43.5 Å². The summed E-state index contributed by atoms with van der Waals surface area (Å²) in [7, 11) is 0. The van der Waals surface area contributed by atoms with Gasteiger partial charge in [0.1, 0.15) is 0 Å². The number of aryl methyl sites for hydroxylation is 1. The van der Waals surface area contributed by atoms with E-state index < -0.39 is 0 Å². The second kappa shape index (κ2) is 4.59. The van der Waals surface area contributed by atoms with E-state index in [0.717, 1.165) is 12.1 Å². The lowest BCUT2D eigenvalue weighted by molar-refractivity contribution is 1.12. The van der Waals surface area contributed by atoms with E-state index in [1.54, 1.807) is 0 Å². The van der Waals surface area contributed by atoms with E-state index in [2.05, 4.69) is 17.1 Å². The number of nitrogens with zero attached hydrogens (tertiary/aromatic N) is 2. The molecule has 1 aromatic heterocycles. The van der Waals surface area contributed by atoms with Crippen molar-refractivity contribution in [3.05, 3.63) is 65.0 Å². The number of pyridine rings is 1. The molecule has 2 rings (SSSR count). The fourth-order valence-corrected chi connectivity index (χ4v) is 1.65. The molecule has 2 aromatic rings. The number of benzene rings is 1. The van der Waals surface area contributed by atoms with Gasteiger partial charge in [0.2, 0.25) is 0 Å². The zero-order valence-electron chi connectivity index (χ0n) is 9.14.